The SMILES string of the molecule is Cc1ccc(-c2nn(-c3ccccc3)c3nc(-c4ccc(OCc5ccc(Cl)c(Cl)c5)cc4)cc(C(F)(F)F)c23)cc1. The lowest BCUT2D eigenvalue weighted by molar-refractivity contribution is -0.136. The average Bonchev–Trinajstić information content (AvgIpc) is 3.37. The van der Waals surface area contributed by atoms with Crippen molar-refractivity contribution in [3.05, 3.63) is 130 Å². The van der Waals surface area contributed by atoms with Gasteiger partial charge in [-0.05, 0) is 67.1 Å². The van der Waals surface area contributed by atoms with Gasteiger partial charge in [-0.25, -0.2) is 9.67 Å². The molecule has 0 radical (unpaired) electrons. The minimum absolute atomic E-state index is 0.0551. The number of hydrogen-bond donors (Lipinski definition) is 0. The Balaban J connectivity index is 1.44. The van der Waals surface area contributed by atoms with Crippen molar-refractivity contribution >= 4 is 34.2 Å². The average molecular weight is 604 g/mol. The van der Waals surface area contributed by atoms with Crippen molar-refractivity contribution in [2.75, 3.05) is 0 Å². The molecule has 0 aliphatic rings. The summed E-state index contributed by atoms with van der Waals surface area (Å²) in [6.07, 6.45) is -4.65. The van der Waals surface area contributed by atoms with Crippen LogP contribution in [0.15, 0.2) is 103 Å². The van der Waals surface area contributed by atoms with Crippen LogP contribution in [0.5, 0.6) is 5.75 Å². The van der Waals surface area contributed by atoms with Crippen molar-refractivity contribution in [3.63, 3.8) is 0 Å². The third-order valence-corrected chi connectivity index (χ3v) is 7.55. The van der Waals surface area contributed by atoms with E-state index >= 15 is 0 Å². The Bertz CT molecular complexity index is 1890. The smallest absolute Gasteiger partial charge is 0.417 e. The highest BCUT2D eigenvalue weighted by Crippen LogP contribution is 2.41. The Hall–Kier alpha value is -4.33. The molecule has 0 bridgehead atoms. The maximum atomic E-state index is 14.7. The van der Waals surface area contributed by atoms with Gasteiger partial charge in [0.05, 0.1) is 32.4 Å². The molecule has 9 heteroatoms. The number of aromatic nitrogens is 3. The molecule has 2 heterocycles. The van der Waals surface area contributed by atoms with E-state index in [1.165, 1.54) is 4.68 Å². The van der Waals surface area contributed by atoms with Crippen LogP contribution in [0, 0.1) is 6.92 Å². The van der Waals surface area contributed by atoms with Crippen LogP contribution in [0.2, 0.25) is 10.0 Å². The number of rotatable bonds is 6. The molecule has 4 aromatic carbocycles. The molecule has 210 valence electrons. The Labute approximate surface area is 249 Å². The summed E-state index contributed by atoms with van der Waals surface area (Å²) in [5, 5.41) is 5.49. The molecule has 4 nitrogen and oxygen atoms in total. The normalized spacial score (nSPS) is 11.7. The van der Waals surface area contributed by atoms with Gasteiger partial charge in [0.25, 0.3) is 0 Å². The fraction of sp³-hybridized carbons (Fsp3) is 0.0909. The highest BCUT2D eigenvalue weighted by atomic mass is 35.5. The van der Waals surface area contributed by atoms with E-state index in [4.69, 9.17) is 32.9 Å². The molecule has 0 saturated heterocycles. The third kappa shape index (κ3) is 5.58. The van der Waals surface area contributed by atoms with Gasteiger partial charge in [-0.2, -0.15) is 18.3 Å². The standard InChI is InChI=1S/C33H22Cl2F3N3O/c1-20-7-10-23(11-8-20)31-30-26(33(36,37)38)18-29(39-32(30)41(40-31)24-5-3-2-4-6-24)22-12-14-25(15-13-22)42-19-21-9-16-27(34)28(35)17-21/h2-18H,19H2,1H3. The Kier molecular flexibility index (Phi) is 7.39. The van der Waals surface area contributed by atoms with Crippen LogP contribution in [0.4, 0.5) is 13.2 Å². The van der Waals surface area contributed by atoms with E-state index in [0.29, 0.717) is 32.6 Å². The fourth-order valence-corrected chi connectivity index (χ4v) is 4.99. The first-order chi connectivity index (χ1) is 20.2. The molecule has 0 atom stereocenters. The molecule has 0 N–H and O–H groups in total. The molecule has 0 spiro atoms. The van der Waals surface area contributed by atoms with Crippen LogP contribution in [0.3, 0.4) is 0 Å². The predicted octanol–water partition coefficient (Wildman–Crippen LogP) is 9.97. The van der Waals surface area contributed by atoms with Gasteiger partial charge < -0.3 is 4.74 Å². The van der Waals surface area contributed by atoms with Crippen LogP contribution < -0.4 is 4.74 Å². The molecule has 0 fully saturated rings. The number of para-hydroxylation sites is 1. The number of benzene rings is 4. The van der Waals surface area contributed by atoms with Crippen molar-refractivity contribution in [2.45, 2.75) is 19.7 Å². The number of ether oxygens (including phenoxy) is 1. The second-order valence-electron chi connectivity index (χ2n) is 9.77. The number of halogens is 5. The van der Waals surface area contributed by atoms with Crippen molar-refractivity contribution in [1.82, 2.24) is 14.8 Å². The summed E-state index contributed by atoms with van der Waals surface area (Å²) in [6.45, 7) is 2.17. The molecule has 0 saturated carbocycles. The van der Waals surface area contributed by atoms with Crippen molar-refractivity contribution in [2.24, 2.45) is 0 Å². The van der Waals surface area contributed by atoms with Gasteiger partial charge in [0.15, 0.2) is 5.65 Å². The summed E-state index contributed by atoms with van der Waals surface area (Å²) in [7, 11) is 0. The minimum atomic E-state index is -4.65. The maximum Gasteiger partial charge on any atom is 0.417 e. The minimum Gasteiger partial charge on any atom is -0.489 e. The zero-order valence-corrected chi connectivity index (χ0v) is 23.7. The lowest BCUT2D eigenvalue weighted by Gasteiger charge is -2.13. The summed E-state index contributed by atoms with van der Waals surface area (Å²) in [5.41, 5.74) is 3.18. The molecule has 2 aromatic heterocycles. The van der Waals surface area contributed by atoms with Crippen molar-refractivity contribution < 1.29 is 17.9 Å². The molecule has 0 unspecified atom stereocenters. The second kappa shape index (κ2) is 11.2. The Morgan fingerprint density at radius 1 is 0.786 bits per heavy atom. The van der Waals surface area contributed by atoms with Gasteiger partial charge in [0.1, 0.15) is 18.1 Å². The summed E-state index contributed by atoms with van der Waals surface area (Å²) in [5.74, 6) is 0.540. The maximum absolute atomic E-state index is 14.7. The van der Waals surface area contributed by atoms with E-state index in [0.717, 1.165) is 17.2 Å². The number of aryl methyl sites for hydroxylation is 1. The number of pyridine rings is 1. The quantitative estimate of drug-likeness (QED) is 0.190. The Morgan fingerprint density at radius 2 is 1.48 bits per heavy atom. The van der Waals surface area contributed by atoms with E-state index in [2.05, 4.69) is 5.10 Å². The summed E-state index contributed by atoms with van der Waals surface area (Å²) < 4.78 is 51.3. The molecule has 0 amide bonds. The largest absolute Gasteiger partial charge is 0.489 e. The molecule has 6 rings (SSSR count). The Morgan fingerprint density at radius 3 is 2.14 bits per heavy atom. The third-order valence-electron chi connectivity index (χ3n) is 6.81. The molecule has 6 aromatic rings. The van der Waals surface area contributed by atoms with Gasteiger partial charge in [-0.15, -0.1) is 0 Å². The lowest BCUT2D eigenvalue weighted by atomic mass is 10.0. The zero-order valence-electron chi connectivity index (χ0n) is 22.2. The monoisotopic (exact) mass is 603 g/mol. The van der Waals surface area contributed by atoms with E-state index in [9.17, 15) is 13.2 Å². The van der Waals surface area contributed by atoms with E-state index < -0.39 is 11.7 Å². The summed E-state index contributed by atoms with van der Waals surface area (Å²) in [6, 6.07) is 29.3. The van der Waals surface area contributed by atoms with Crippen LogP contribution in [0.25, 0.3) is 39.2 Å². The first-order valence-electron chi connectivity index (χ1n) is 13.0. The van der Waals surface area contributed by atoms with E-state index in [-0.39, 0.29) is 29.0 Å². The van der Waals surface area contributed by atoms with Crippen molar-refractivity contribution in [1.29, 1.82) is 0 Å². The zero-order chi connectivity index (χ0) is 29.4. The van der Waals surface area contributed by atoms with E-state index in [1.54, 1.807) is 78.9 Å². The topological polar surface area (TPSA) is 39.9 Å². The van der Waals surface area contributed by atoms with Gasteiger partial charge in [0, 0.05) is 11.1 Å². The van der Waals surface area contributed by atoms with Gasteiger partial charge in [0.2, 0.25) is 0 Å². The summed E-state index contributed by atoms with van der Waals surface area (Å²) >= 11 is 12.1. The van der Waals surface area contributed by atoms with Crippen LogP contribution in [-0.4, -0.2) is 14.8 Å². The predicted molar refractivity (Wildman–Crippen MR) is 160 cm³/mol. The number of fused-ring (bicyclic) bond motifs is 1. The number of alkyl halides is 3. The second-order valence-corrected chi connectivity index (χ2v) is 10.6. The van der Waals surface area contributed by atoms with Crippen LogP contribution >= 0.6 is 23.2 Å². The fourth-order valence-electron chi connectivity index (χ4n) is 4.67. The van der Waals surface area contributed by atoms with Crippen molar-refractivity contribution in [3.8, 4) is 34.0 Å². The molecule has 0 aliphatic heterocycles. The molecule has 0 aliphatic carbocycles. The van der Waals surface area contributed by atoms with Gasteiger partial charge in [-0.1, -0.05) is 77.3 Å². The lowest BCUT2D eigenvalue weighted by Crippen LogP contribution is -2.08. The summed E-state index contributed by atoms with van der Waals surface area (Å²) in [4.78, 5) is 4.73. The first kappa shape index (κ1) is 27.8. The number of nitrogens with zero attached hydrogens (tertiary/aromatic N) is 3. The van der Waals surface area contributed by atoms with Crippen LogP contribution in [0.1, 0.15) is 16.7 Å². The molecular formula is C33H22Cl2F3N3O. The van der Waals surface area contributed by atoms with E-state index in [1.807, 2.05) is 25.1 Å². The number of hydrogen-bond acceptors (Lipinski definition) is 3. The molecular weight excluding hydrogens is 582 g/mol. The van der Waals surface area contributed by atoms with Gasteiger partial charge >= 0.3 is 6.18 Å². The molecule has 42 heavy (non-hydrogen) atoms. The van der Waals surface area contributed by atoms with Crippen LogP contribution in [-0.2, 0) is 12.8 Å². The highest BCUT2D eigenvalue weighted by molar-refractivity contribution is 6.42. The highest BCUT2D eigenvalue weighted by Gasteiger charge is 2.36. The first-order valence-corrected chi connectivity index (χ1v) is 13.7. The van der Waals surface area contributed by atoms with Gasteiger partial charge in [-0.3, -0.25) is 0 Å².